The molecule has 3 aromatic rings. The molecule has 124 valence electrons. The quantitative estimate of drug-likeness (QED) is 0.772. The lowest BCUT2D eigenvalue weighted by Gasteiger charge is -2.04. The van der Waals surface area contributed by atoms with Crippen molar-refractivity contribution < 1.29 is 4.79 Å². The first-order valence-electron chi connectivity index (χ1n) is 7.92. The summed E-state index contributed by atoms with van der Waals surface area (Å²) in [7, 11) is 0. The third-order valence-electron chi connectivity index (χ3n) is 3.91. The molecule has 6 heteroatoms. The number of thiazole rings is 1. The topological polar surface area (TPSA) is 59.8 Å². The zero-order chi connectivity index (χ0) is 17.1. The lowest BCUT2D eigenvalue weighted by molar-refractivity contribution is 0.0949. The number of nitrogens with zero attached hydrogens (tertiary/aromatic N) is 3. The van der Waals surface area contributed by atoms with Gasteiger partial charge in [-0.15, -0.1) is 11.3 Å². The van der Waals surface area contributed by atoms with Gasteiger partial charge < -0.3 is 5.32 Å². The number of aryl methyl sites for hydroxylation is 2. The van der Waals surface area contributed by atoms with Crippen LogP contribution in [-0.4, -0.2) is 20.7 Å². The SMILES string of the molecule is CCn1nc(C)c(C(=O)NCc2csc(-c3ccccc3)n2)c1C. The van der Waals surface area contributed by atoms with Crippen molar-refractivity contribution in [1.29, 1.82) is 0 Å². The molecule has 0 bridgehead atoms. The average Bonchev–Trinajstić information content (AvgIpc) is 3.18. The van der Waals surface area contributed by atoms with Gasteiger partial charge in [-0.05, 0) is 20.8 Å². The number of amides is 1. The molecule has 3 rings (SSSR count). The molecule has 2 heterocycles. The number of nitrogens with one attached hydrogen (secondary N) is 1. The fraction of sp³-hybridized carbons (Fsp3) is 0.278. The van der Waals surface area contributed by atoms with E-state index in [-0.39, 0.29) is 5.91 Å². The number of benzene rings is 1. The Morgan fingerprint density at radius 2 is 2.00 bits per heavy atom. The van der Waals surface area contributed by atoms with E-state index in [0.717, 1.165) is 34.2 Å². The average molecular weight is 340 g/mol. The second-order valence-electron chi connectivity index (χ2n) is 5.55. The first-order valence-corrected chi connectivity index (χ1v) is 8.80. The minimum atomic E-state index is -0.0982. The van der Waals surface area contributed by atoms with E-state index in [0.29, 0.717) is 12.1 Å². The van der Waals surface area contributed by atoms with E-state index in [1.54, 1.807) is 11.3 Å². The monoisotopic (exact) mass is 340 g/mol. The number of carbonyl (C=O) groups excluding carboxylic acids is 1. The van der Waals surface area contributed by atoms with Crippen LogP contribution in [0.1, 0.15) is 34.4 Å². The van der Waals surface area contributed by atoms with Gasteiger partial charge in [-0.3, -0.25) is 9.48 Å². The Morgan fingerprint density at radius 1 is 1.25 bits per heavy atom. The molecule has 0 aliphatic rings. The molecule has 1 N–H and O–H groups in total. The van der Waals surface area contributed by atoms with Crippen LogP contribution in [0.2, 0.25) is 0 Å². The smallest absolute Gasteiger partial charge is 0.255 e. The molecule has 0 radical (unpaired) electrons. The van der Waals surface area contributed by atoms with Gasteiger partial charge in [0.05, 0.1) is 23.5 Å². The Balaban J connectivity index is 1.69. The molecule has 5 nitrogen and oxygen atoms in total. The Hall–Kier alpha value is -2.47. The maximum absolute atomic E-state index is 12.5. The van der Waals surface area contributed by atoms with E-state index < -0.39 is 0 Å². The first-order chi connectivity index (χ1) is 11.6. The summed E-state index contributed by atoms with van der Waals surface area (Å²) in [6.45, 7) is 6.98. The summed E-state index contributed by atoms with van der Waals surface area (Å²) < 4.78 is 1.85. The van der Waals surface area contributed by atoms with Crippen LogP contribution in [0.25, 0.3) is 10.6 Å². The third-order valence-corrected chi connectivity index (χ3v) is 4.85. The molecule has 1 aromatic carbocycles. The molecule has 0 fully saturated rings. The van der Waals surface area contributed by atoms with Crippen LogP contribution in [-0.2, 0) is 13.1 Å². The Kier molecular flexibility index (Phi) is 4.76. The minimum Gasteiger partial charge on any atom is -0.346 e. The van der Waals surface area contributed by atoms with Gasteiger partial charge in [0.15, 0.2) is 0 Å². The summed E-state index contributed by atoms with van der Waals surface area (Å²) in [4.78, 5) is 17.1. The zero-order valence-corrected chi connectivity index (χ0v) is 14.9. The van der Waals surface area contributed by atoms with E-state index in [9.17, 15) is 4.79 Å². The largest absolute Gasteiger partial charge is 0.346 e. The van der Waals surface area contributed by atoms with Gasteiger partial charge in [0.25, 0.3) is 5.91 Å². The van der Waals surface area contributed by atoms with Crippen molar-refractivity contribution in [1.82, 2.24) is 20.1 Å². The molecule has 1 amide bonds. The van der Waals surface area contributed by atoms with Crippen molar-refractivity contribution in [3.05, 3.63) is 58.4 Å². The molecule has 0 unspecified atom stereocenters. The molecule has 0 aliphatic heterocycles. The van der Waals surface area contributed by atoms with Crippen LogP contribution in [0, 0.1) is 13.8 Å². The lowest BCUT2D eigenvalue weighted by Crippen LogP contribution is -2.24. The highest BCUT2D eigenvalue weighted by molar-refractivity contribution is 7.13. The van der Waals surface area contributed by atoms with Gasteiger partial charge in [0.1, 0.15) is 5.01 Å². The predicted molar refractivity (Wildman–Crippen MR) is 96.1 cm³/mol. The number of hydrogen-bond acceptors (Lipinski definition) is 4. The number of hydrogen-bond donors (Lipinski definition) is 1. The van der Waals surface area contributed by atoms with Crippen molar-refractivity contribution >= 4 is 17.2 Å². The van der Waals surface area contributed by atoms with Gasteiger partial charge in [0, 0.05) is 23.2 Å². The molecule has 24 heavy (non-hydrogen) atoms. The number of rotatable bonds is 5. The predicted octanol–water partition coefficient (Wildman–Crippen LogP) is 3.57. The van der Waals surface area contributed by atoms with E-state index in [2.05, 4.69) is 15.4 Å². The van der Waals surface area contributed by atoms with Crippen molar-refractivity contribution in [2.75, 3.05) is 0 Å². The van der Waals surface area contributed by atoms with E-state index in [1.165, 1.54) is 0 Å². The molecular weight excluding hydrogens is 320 g/mol. The van der Waals surface area contributed by atoms with Gasteiger partial charge >= 0.3 is 0 Å². The number of aromatic nitrogens is 3. The first kappa shape index (κ1) is 16.4. The van der Waals surface area contributed by atoms with E-state index in [4.69, 9.17) is 0 Å². The van der Waals surface area contributed by atoms with Gasteiger partial charge in [-0.2, -0.15) is 5.10 Å². The standard InChI is InChI=1S/C18H20N4OS/c1-4-22-13(3)16(12(2)21-22)17(23)19-10-15-11-24-18(20-15)14-8-6-5-7-9-14/h5-9,11H,4,10H2,1-3H3,(H,19,23). The van der Waals surface area contributed by atoms with Crippen LogP contribution in [0.3, 0.4) is 0 Å². The maximum Gasteiger partial charge on any atom is 0.255 e. The van der Waals surface area contributed by atoms with Crippen LogP contribution < -0.4 is 5.32 Å². The van der Waals surface area contributed by atoms with E-state index in [1.807, 2.05) is 61.2 Å². The van der Waals surface area contributed by atoms with Gasteiger partial charge in [-0.25, -0.2) is 4.98 Å². The molecular formula is C18H20N4OS. The summed E-state index contributed by atoms with van der Waals surface area (Å²) in [6.07, 6.45) is 0. The fourth-order valence-electron chi connectivity index (χ4n) is 2.69. The van der Waals surface area contributed by atoms with E-state index >= 15 is 0 Å². The fourth-order valence-corrected chi connectivity index (χ4v) is 3.52. The van der Waals surface area contributed by atoms with Crippen LogP contribution >= 0.6 is 11.3 Å². The molecule has 0 spiro atoms. The molecule has 0 atom stereocenters. The summed E-state index contributed by atoms with van der Waals surface area (Å²) in [5, 5.41) is 10.3. The Bertz CT molecular complexity index is 851. The second kappa shape index (κ2) is 6.97. The van der Waals surface area contributed by atoms with Crippen molar-refractivity contribution in [3.63, 3.8) is 0 Å². The van der Waals surface area contributed by atoms with Crippen LogP contribution in [0.4, 0.5) is 0 Å². The Morgan fingerprint density at radius 3 is 2.67 bits per heavy atom. The van der Waals surface area contributed by atoms with Crippen molar-refractivity contribution in [3.8, 4) is 10.6 Å². The van der Waals surface area contributed by atoms with Crippen LogP contribution in [0.15, 0.2) is 35.7 Å². The summed E-state index contributed by atoms with van der Waals surface area (Å²) >= 11 is 1.59. The van der Waals surface area contributed by atoms with Crippen molar-refractivity contribution in [2.24, 2.45) is 0 Å². The molecule has 0 aliphatic carbocycles. The lowest BCUT2D eigenvalue weighted by atomic mass is 10.2. The third kappa shape index (κ3) is 3.23. The van der Waals surface area contributed by atoms with Gasteiger partial charge in [-0.1, -0.05) is 30.3 Å². The highest BCUT2D eigenvalue weighted by atomic mass is 32.1. The molecule has 0 saturated heterocycles. The summed E-state index contributed by atoms with van der Waals surface area (Å²) in [5.41, 5.74) is 4.28. The maximum atomic E-state index is 12.5. The van der Waals surface area contributed by atoms with Crippen LogP contribution in [0.5, 0.6) is 0 Å². The Labute approximate surface area is 145 Å². The highest BCUT2D eigenvalue weighted by Crippen LogP contribution is 2.23. The zero-order valence-electron chi connectivity index (χ0n) is 14.0. The minimum absolute atomic E-state index is 0.0982. The van der Waals surface area contributed by atoms with Gasteiger partial charge in [0.2, 0.25) is 0 Å². The highest BCUT2D eigenvalue weighted by Gasteiger charge is 2.18. The normalized spacial score (nSPS) is 10.8. The summed E-state index contributed by atoms with van der Waals surface area (Å²) in [5.74, 6) is -0.0982. The molecule has 2 aromatic heterocycles. The number of carbonyl (C=O) groups is 1. The summed E-state index contributed by atoms with van der Waals surface area (Å²) in [6, 6.07) is 10.0. The second-order valence-corrected chi connectivity index (χ2v) is 6.41. The molecule has 0 saturated carbocycles. The van der Waals surface area contributed by atoms with Crippen molar-refractivity contribution in [2.45, 2.75) is 33.9 Å².